The van der Waals surface area contributed by atoms with Gasteiger partial charge in [-0.3, -0.25) is 38.4 Å². The molecule has 30 heteroatoms. The molecule has 0 aromatic heterocycles. The van der Waals surface area contributed by atoms with E-state index in [2.05, 4.69) is 0 Å². The first-order valence-corrected chi connectivity index (χ1v) is 34.3. The van der Waals surface area contributed by atoms with Gasteiger partial charge in [0.25, 0.3) is 51.8 Å². The number of nitro groups is 2. The Labute approximate surface area is 515 Å². The Bertz CT molecular complexity index is 3920. The van der Waals surface area contributed by atoms with Crippen LogP contribution in [0.5, 0.6) is 0 Å². The summed E-state index contributed by atoms with van der Waals surface area (Å²) in [6.07, 6.45) is -13.4. The maximum atomic E-state index is 16.8. The van der Waals surface area contributed by atoms with Gasteiger partial charge in [-0.05, 0) is 124 Å². The van der Waals surface area contributed by atoms with Gasteiger partial charge >= 0.3 is 12.4 Å². The Morgan fingerprint density at radius 1 is 0.371 bits per heavy atom. The third kappa shape index (κ3) is 15.5. The summed E-state index contributed by atoms with van der Waals surface area (Å²) in [7, 11) is -22.9. The van der Waals surface area contributed by atoms with Crippen molar-refractivity contribution < 1.29 is 96.9 Å². The molecule has 4 rings (SSSR count). The smallest absolute Gasteiger partial charge is 0.282 e. The highest BCUT2D eigenvalue weighted by Crippen LogP contribution is 2.56. The molecule has 0 saturated carbocycles. The van der Waals surface area contributed by atoms with Crippen LogP contribution in [0.4, 0.5) is 46.5 Å². The number of hydrogen-bond acceptors (Lipinski definition) is 12. The fraction of sp³-hybridized carbons (Fsp3) is 0.593. The molecule has 4 aromatic carbocycles. The van der Waals surface area contributed by atoms with Crippen LogP contribution in [-0.2, 0) is 52.8 Å². The van der Waals surface area contributed by atoms with Gasteiger partial charge in [0.15, 0.2) is 0 Å². The summed E-state index contributed by atoms with van der Waals surface area (Å²) in [4.78, 5) is 19.5. The SMILES string of the molecule is CC(C)c1cc(C(C)CC(C)c2c(C(F)(F)F)c(C(C)C)c(C(F)(F)F)c(C(C)C)c2S(=O)(=O)O)c(S(=O)(=O)O)c(C(C)CC(C)c2c([N+](=O)[O-])c(C(C)C)c([N+](=O)[O-])c(C(C)CC(C)c3c(F)c(C(C)C)c(F)c(C(C)C)c3S(=O)(=O)O)c2S(=O)(=O)O)c1. The second kappa shape index (κ2) is 26.8. The fourth-order valence-corrected chi connectivity index (χ4v) is 17.7. The van der Waals surface area contributed by atoms with Gasteiger partial charge in [-0.2, -0.15) is 60.0 Å². The van der Waals surface area contributed by atoms with E-state index in [-0.39, 0.29) is 16.7 Å². The fourth-order valence-electron chi connectivity index (χ4n) is 13.0. The molecular weight excluding hydrogens is 1270 g/mol. The molecule has 89 heavy (non-hydrogen) atoms. The van der Waals surface area contributed by atoms with Crippen LogP contribution in [0.3, 0.4) is 0 Å². The van der Waals surface area contributed by atoms with Crippen molar-refractivity contribution in [2.45, 2.75) is 247 Å². The number of rotatable bonds is 24. The van der Waals surface area contributed by atoms with E-state index in [1.54, 1.807) is 13.8 Å². The lowest BCUT2D eigenvalue weighted by Crippen LogP contribution is -2.27. The molecule has 500 valence electrons. The molecule has 0 bridgehead atoms. The van der Waals surface area contributed by atoms with Crippen LogP contribution in [0, 0.1) is 31.9 Å². The second-order valence-corrected chi connectivity index (χ2v) is 30.7. The number of alkyl halides is 6. The summed E-state index contributed by atoms with van der Waals surface area (Å²) < 4.78 is 278. The number of benzene rings is 4. The monoisotopic (exact) mass is 1350 g/mol. The van der Waals surface area contributed by atoms with Crippen molar-refractivity contribution in [1.82, 2.24) is 0 Å². The van der Waals surface area contributed by atoms with Gasteiger partial charge < -0.3 is 0 Å². The zero-order chi connectivity index (χ0) is 69.3. The lowest BCUT2D eigenvalue weighted by atomic mass is 9.76. The Morgan fingerprint density at radius 3 is 0.933 bits per heavy atom. The molecule has 0 amide bonds. The second-order valence-electron chi connectivity index (χ2n) is 25.3. The van der Waals surface area contributed by atoms with Crippen LogP contribution in [0.2, 0.25) is 0 Å². The Balaban J connectivity index is 2.17. The topological polar surface area (TPSA) is 304 Å². The van der Waals surface area contributed by atoms with Gasteiger partial charge in [-0.15, -0.1) is 0 Å². The predicted molar refractivity (Wildman–Crippen MR) is 317 cm³/mol. The molecule has 6 atom stereocenters. The third-order valence-electron chi connectivity index (χ3n) is 16.4. The quantitative estimate of drug-likeness (QED) is 0.0219. The lowest BCUT2D eigenvalue weighted by Gasteiger charge is -2.33. The molecule has 4 N–H and O–H groups in total. The van der Waals surface area contributed by atoms with Crippen molar-refractivity contribution in [1.29, 1.82) is 0 Å². The largest absolute Gasteiger partial charge is 0.417 e. The van der Waals surface area contributed by atoms with Crippen molar-refractivity contribution in [3.8, 4) is 0 Å². The van der Waals surface area contributed by atoms with Crippen LogP contribution in [0.1, 0.15) is 293 Å². The van der Waals surface area contributed by atoms with Crippen molar-refractivity contribution in [3.63, 3.8) is 0 Å². The minimum Gasteiger partial charge on any atom is -0.282 e. The first kappa shape index (κ1) is 76.2. The van der Waals surface area contributed by atoms with Crippen LogP contribution >= 0.6 is 0 Å². The van der Waals surface area contributed by atoms with E-state index in [1.165, 1.54) is 81.4 Å². The average Bonchev–Trinajstić information content (AvgIpc) is 0.937. The molecule has 0 aliphatic rings. The Morgan fingerprint density at radius 2 is 0.640 bits per heavy atom. The highest BCUT2D eigenvalue weighted by Gasteiger charge is 2.51. The van der Waals surface area contributed by atoms with E-state index in [0.29, 0.717) is 0 Å². The van der Waals surface area contributed by atoms with Crippen molar-refractivity contribution in [2.24, 2.45) is 0 Å². The van der Waals surface area contributed by atoms with Crippen molar-refractivity contribution in [2.75, 3.05) is 0 Å². The predicted octanol–water partition coefficient (Wildman–Crippen LogP) is 17.4. The number of nitrogens with zero attached hydrogens (tertiary/aromatic N) is 2. The van der Waals surface area contributed by atoms with Gasteiger partial charge in [-0.1, -0.05) is 137 Å². The molecule has 6 unspecified atom stereocenters. The van der Waals surface area contributed by atoms with Crippen molar-refractivity contribution >= 4 is 51.8 Å². The molecule has 0 aliphatic carbocycles. The standard InChI is InChI=1S/C59H78F8N2O16S4/c1-24(2)36-22-37(30(13)19-32(15)44-49(59(65,66)67)39(25(3)4)48(58(62,63)64)40(26(5)6)55(44)87(77,78)79)54(86(74,75)76)38(23-36)31(14)20-34(17)46-52(68(70)71)43(29(11)12)53(69(72)73)47(57(46)89(83,84)85)35(18)21-33(16)45-51(61)41(27(7)8)50(60)42(28(9)10)56(45)88(80,81)82/h22-35H,19-21H2,1-18H3,(H,74,75,76)(H,77,78,79)(H,80,81,82)(H,83,84,85). The van der Waals surface area contributed by atoms with Crippen LogP contribution in [-0.4, -0.2) is 61.7 Å². The van der Waals surface area contributed by atoms with E-state index in [9.17, 15) is 72.1 Å². The first-order chi connectivity index (χ1) is 40.0. The van der Waals surface area contributed by atoms with Gasteiger partial charge in [0, 0.05) is 16.7 Å². The molecular formula is C59H78F8N2O16S4. The Kier molecular flexibility index (Phi) is 22.9. The van der Waals surface area contributed by atoms with E-state index in [0.717, 1.165) is 41.5 Å². The summed E-state index contributed by atoms with van der Waals surface area (Å²) >= 11 is 0. The maximum absolute atomic E-state index is 16.8. The summed E-state index contributed by atoms with van der Waals surface area (Å²) in [5.41, 5.74) is -14.9. The molecule has 4 aromatic rings. The lowest BCUT2D eigenvalue weighted by molar-refractivity contribution is -0.397. The van der Waals surface area contributed by atoms with E-state index < -0.39 is 257 Å². The molecule has 0 heterocycles. The number of nitro benzene ring substituents is 2. The molecule has 0 saturated heterocycles. The number of halogens is 8. The van der Waals surface area contributed by atoms with Gasteiger partial charge in [-0.25, -0.2) is 8.78 Å². The van der Waals surface area contributed by atoms with Crippen LogP contribution < -0.4 is 0 Å². The average molecular weight is 1350 g/mol. The number of hydrogen-bond donors (Lipinski definition) is 4. The maximum Gasteiger partial charge on any atom is 0.417 e. The Hall–Kier alpha value is -5.24. The molecule has 0 fully saturated rings. The molecule has 0 aliphatic heterocycles. The minimum atomic E-state index is -5.96. The third-order valence-corrected chi connectivity index (χ3v) is 20.2. The van der Waals surface area contributed by atoms with Crippen LogP contribution in [0.25, 0.3) is 0 Å². The normalized spacial score (nSPS) is 15.4. The van der Waals surface area contributed by atoms with E-state index >= 15 is 35.1 Å². The van der Waals surface area contributed by atoms with E-state index in [4.69, 9.17) is 0 Å². The summed E-state index contributed by atoms with van der Waals surface area (Å²) in [5.74, 6) is -18.9. The summed E-state index contributed by atoms with van der Waals surface area (Å²) in [6.45, 7) is 22.6. The molecule has 18 nitrogen and oxygen atoms in total. The highest BCUT2D eigenvalue weighted by atomic mass is 32.2. The molecule has 0 spiro atoms. The van der Waals surface area contributed by atoms with Gasteiger partial charge in [0.1, 0.15) is 36.8 Å². The van der Waals surface area contributed by atoms with Gasteiger partial charge in [0.2, 0.25) is 0 Å². The zero-order valence-corrected chi connectivity index (χ0v) is 55.7. The van der Waals surface area contributed by atoms with Crippen molar-refractivity contribution in [3.05, 3.63) is 122 Å². The van der Waals surface area contributed by atoms with Gasteiger partial charge in [0.05, 0.1) is 32.1 Å². The minimum absolute atomic E-state index is 0.262. The molecule has 0 radical (unpaired) electrons. The highest BCUT2D eigenvalue weighted by molar-refractivity contribution is 7.86. The van der Waals surface area contributed by atoms with Crippen LogP contribution in [0.15, 0.2) is 31.7 Å². The zero-order valence-electron chi connectivity index (χ0n) is 52.4. The summed E-state index contributed by atoms with van der Waals surface area (Å²) in [5, 5.41) is 26.9. The first-order valence-electron chi connectivity index (χ1n) is 28.5. The summed E-state index contributed by atoms with van der Waals surface area (Å²) in [6, 6.07) is 2.55. The van der Waals surface area contributed by atoms with E-state index in [1.807, 2.05) is 0 Å².